The first-order valence-corrected chi connectivity index (χ1v) is 8.10. The molecule has 112 valence electrons. The van der Waals surface area contributed by atoms with Crippen LogP contribution in [-0.2, 0) is 0 Å². The van der Waals surface area contributed by atoms with Crippen molar-refractivity contribution in [3.63, 3.8) is 0 Å². The highest BCUT2D eigenvalue weighted by Crippen LogP contribution is 2.32. The zero-order chi connectivity index (χ0) is 14.8. The second kappa shape index (κ2) is 5.92. The maximum absolute atomic E-state index is 4.75. The lowest BCUT2D eigenvalue weighted by Gasteiger charge is -2.20. The summed E-state index contributed by atoms with van der Waals surface area (Å²) in [6.07, 6.45) is 3.75. The summed E-state index contributed by atoms with van der Waals surface area (Å²) in [5, 5.41) is 4.87. The maximum atomic E-state index is 4.75. The molecule has 2 aromatic rings. The number of hydrogen-bond donors (Lipinski definition) is 1. The van der Waals surface area contributed by atoms with E-state index < -0.39 is 0 Å². The number of benzene rings is 1. The van der Waals surface area contributed by atoms with Gasteiger partial charge >= 0.3 is 0 Å². The van der Waals surface area contributed by atoms with Crippen molar-refractivity contribution in [1.29, 1.82) is 0 Å². The molecule has 1 aromatic carbocycles. The van der Waals surface area contributed by atoms with Crippen molar-refractivity contribution in [1.82, 2.24) is 4.98 Å². The Morgan fingerprint density at radius 2 is 1.95 bits per heavy atom. The molecule has 3 heteroatoms. The first-order chi connectivity index (χ1) is 10.2. The smallest absolute Gasteiger partial charge is 0.0727 e. The van der Waals surface area contributed by atoms with Gasteiger partial charge in [-0.15, -0.1) is 0 Å². The summed E-state index contributed by atoms with van der Waals surface area (Å²) >= 11 is 0. The van der Waals surface area contributed by atoms with E-state index in [9.17, 15) is 0 Å². The van der Waals surface area contributed by atoms with Crippen LogP contribution in [0.5, 0.6) is 0 Å². The highest BCUT2D eigenvalue weighted by molar-refractivity contribution is 5.95. The summed E-state index contributed by atoms with van der Waals surface area (Å²) in [7, 11) is 0. The Morgan fingerprint density at radius 3 is 2.67 bits per heavy atom. The number of pyridine rings is 1. The van der Waals surface area contributed by atoms with E-state index >= 15 is 0 Å². The van der Waals surface area contributed by atoms with Crippen LogP contribution >= 0.6 is 0 Å². The van der Waals surface area contributed by atoms with Gasteiger partial charge in [0.1, 0.15) is 0 Å². The Balaban J connectivity index is 2.10. The molecule has 0 aliphatic carbocycles. The zero-order valence-corrected chi connectivity index (χ0v) is 13.4. The van der Waals surface area contributed by atoms with E-state index in [1.54, 1.807) is 0 Å². The molecular weight excluding hydrogens is 258 g/mol. The van der Waals surface area contributed by atoms with Gasteiger partial charge in [-0.3, -0.25) is 4.98 Å². The lowest BCUT2D eigenvalue weighted by atomic mass is 10.1. The van der Waals surface area contributed by atoms with Crippen molar-refractivity contribution >= 4 is 22.3 Å². The fraction of sp³-hybridized carbons (Fsp3) is 0.500. The van der Waals surface area contributed by atoms with Gasteiger partial charge in [-0.1, -0.05) is 6.92 Å². The van der Waals surface area contributed by atoms with Crippen LogP contribution in [0.15, 0.2) is 18.2 Å². The van der Waals surface area contributed by atoms with Gasteiger partial charge in [-0.25, -0.2) is 0 Å². The minimum absolute atomic E-state index is 1.01. The molecule has 1 aliphatic rings. The average Bonchev–Trinajstić information content (AvgIpc) is 3.02. The molecule has 0 radical (unpaired) electrons. The van der Waals surface area contributed by atoms with E-state index in [4.69, 9.17) is 4.98 Å². The molecule has 0 amide bonds. The molecule has 0 bridgehead atoms. The van der Waals surface area contributed by atoms with Gasteiger partial charge in [-0.2, -0.15) is 0 Å². The topological polar surface area (TPSA) is 28.2 Å². The van der Waals surface area contributed by atoms with Crippen molar-refractivity contribution in [2.75, 3.05) is 29.9 Å². The van der Waals surface area contributed by atoms with Gasteiger partial charge in [0.25, 0.3) is 0 Å². The molecule has 0 atom stereocenters. The van der Waals surface area contributed by atoms with Gasteiger partial charge in [0.15, 0.2) is 0 Å². The molecule has 21 heavy (non-hydrogen) atoms. The van der Waals surface area contributed by atoms with E-state index in [1.165, 1.54) is 48.3 Å². The third-order valence-electron chi connectivity index (χ3n) is 4.48. The number of aromatic nitrogens is 1. The third kappa shape index (κ3) is 2.69. The van der Waals surface area contributed by atoms with Crippen LogP contribution in [0.2, 0.25) is 0 Å². The van der Waals surface area contributed by atoms with Crippen molar-refractivity contribution in [2.24, 2.45) is 0 Å². The molecule has 0 unspecified atom stereocenters. The number of nitrogens with one attached hydrogen (secondary N) is 1. The van der Waals surface area contributed by atoms with Crippen molar-refractivity contribution in [2.45, 2.75) is 40.0 Å². The van der Waals surface area contributed by atoms with Crippen molar-refractivity contribution in [3.05, 3.63) is 29.5 Å². The van der Waals surface area contributed by atoms with E-state index in [2.05, 4.69) is 49.2 Å². The highest BCUT2D eigenvalue weighted by Gasteiger charge is 2.15. The van der Waals surface area contributed by atoms with Gasteiger partial charge < -0.3 is 10.2 Å². The maximum Gasteiger partial charge on any atom is 0.0727 e. The van der Waals surface area contributed by atoms with Gasteiger partial charge in [0.05, 0.1) is 5.52 Å². The van der Waals surface area contributed by atoms with Crippen LogP contribution in [-0.4, -0.2) is 24.6 Å². The molecule has 0 spiro atoms. The monoisotopic (exact) mass is 283 g/mol. The standard InChI is InChI=1S/C18H25N3/c1-4-9-19-18-13(2)14(3)20-17-8-7-15(12-16(17)18)21-10-5-6-11-21/h7-8,12H,4-6,9-11H2,1-3H3,(H,19,20). The number of hydrogen-bond acceptors (Lipinski definition) is 3. The number of rotatable bonds is 4. The SMILES string of the molecule is CCCNc1c(C)c(C)nc2ccc(N3CCCC3)cc12. The Hall–Kier alpha value is -1.77. The first kappa shape index (κ1) is 14.2. The predicted octanol–water partition coefficient (Wildman–Crippen LogP) is 4.27. The van der Waals surface area contributed by atoms with Crippen LogP contribution in [0.4, 0.5) is 11.4 Å². The second-order valence-corrected chi connectivity index (χ2v) is 6.02. The molecule has 1 aromatic heterocycles. The fourth-order valence-corrected chi connectivity index (χ4v) is 3.12. The van der Waals surface area contributed by atoms with E-state index in [-0.39, 0.29) is 0 Å². The number of aryl methyl sites for hydroxylation is 1. The molecule has 1 saturated heterocycles. The van der Waals surface area contributed by atoms with Gasteiger partial charge in [0, 0.05) is 42.1 Å². The normalized spacial score (nSPS) is 14.9. The van der Waals surface area contributed by atoms with Crippen LogP contribution in [0.25, 0.3) is 10.9 Å². The summed E-state index contributed by atoms with van der Waals surface area (Å²) in [6, 6.07) is 6.71. The summed E-state index contributed by atoms with van der Waals surface area (Å²) in [6.45, 7) is 9.84. The van der Waals surface area contributed by atoms with Crippen LogP contribution < -0.4 is 10.2 Å². The lowest BCUT2D eigenvalue weighted by molar-refractivity contribution is 0.949. The molecule has 2 heterocycles. The molecule has 3 nitrogen and oxygen atoms in total. The first-order valence-electron chi connectivity index (χ1n) is 8.10. The Morgan fingerprint density at radius 1 is 1.19 bits per heavy atom. The highest BCUT2D eigenvalue weighted by atomic mass is 15.1. The Kier molecular flexibility index (Phi) is 4.00. The zero-order valence-electron chi connectivity index (χ0n) is 13.4. The number of fused-ring (bicyclic) bond motifs is 1. The molecule has 1 N–H and O–H groups in total. The van der Waals surface area contributed by atoms with E-state index in [0.717, 1.165) is 24.2 Å². The molecule has 0 saturated carbocycles. The van der Waals surface area contributed by atoms with E-state index in [0.29, 0.717) is 0 Å². The molecule has 1 fully saturated rings. The summed E-state index contributed by atoms with van der Waals surface area (Å²) in [4.78, 5) is 7.24. The average molecular weight is 283 g/mol. The number of nitrogens with zero attached hydrogens (tertiary/aromatic N) is 2. The predicted molar refractivity (Wildman–Crippen MR) is 91.4 cm³/mol. The van der Waals surface area contributed by atoms with Crippen molar-refractivity contribution in [3.8, 4) is 0 Å². The summed E-state index contributed by atoms with van der Waals surface area (Å²) in [5.74, 6) is 0. The van der Waals surface area contributed by atoms with Gasteiger partial charge in [0.2, 0.25) is 0 Å². The quantitative estimate of drug-likeness (QED) is 0.908. The minimum Gasteiger partial charge on any atom is -0.384 e. The summed E-state index contributed by atoms with van der Waals surface area (Å²) in [5.41, 5.74) is 6.09. The number of anilines is 2. The minimum atomic E-state index is 1.01. The van der Waals surface area contributed by atoms with Gasteiger partial charge in [-0.05, 0) is 56.9 Å². The van der Waals surface area contributed by atoms with Crippen LogP contribution in [0, 0.1) is 13.8 Å². The third-order valence-corrected chi connectivity index (χ3v) is 4.48. The Bertz CT molecular complexity index is 642. The van der Waals surface area contributed by atoms with Crippen LogP contribution in [0.3, 0.4) is 0 Å². The lowest BCUT2D eigenvalue weighted by Crippen LogP contribution is -2.17. The molecule has 1 aliphatic heterocycles. The summed E-state index contributed by atoms with van der Waals surface area (Å²) < 4.78 is 0. The molecular formula is C18H25N3. The fourth-order valence-electron chi connectivity index (χ4n) is 3.12. The van der Waals surface area contributed by atoms with E-state index in [1.807, 2.05) is 0 Å². The van der Waals surface area contributed by atoms with Crippen LogP contribution in [0.1, 0.15) is 37.4 Å². The Labute approximate surface area is 127 Å². The second-order valence-electron chi connectivity index (χ2n) is 6.02. The van der Waals surface area contributed by atoms with Crippen molar-refractivity contribution < 1.29 is 0 Å². The molecule has 3 rings (SSSR count). The largest absolute Gasteiger partial charge is 0.384 e.